The van der Waals surface area contributed by atoms with Gasteiger partial charge in [-0.25, -0.2) is 0 Å². The topological polar surface area (TPSA) is 0 Å². The van der Waals surface area contributed by atoms with Gasteiger partial charge in [0.15, 0.2) is 0 Å². The molecule has 0 aliphatic carbocycles. The van der Waals surface area contributed by atoms with Crippen LogP contribution < -0.4 is 0 Å². The van der Waals surface area contributed by atoms with E-state index in [2.05, 4.69) is 51.1 Å². The average molecular weight is 274 g/mol. The summed E-state index contributed by atoms with van der Waals surface area (Å²) in [7, 11) is 0. The summed E-state index contributed by atoms with van der Waals surface area (Å²) in [4.78, 5) is 0. The Morgan fingerprint density at radius 3 is 1.80 bits per heavy atom. The van der Waals surface area contributed by atoms with Crippen molar-refractivity contribution in [1.29, 1.82) is 0 Å². The van der Waals surface area contributed by atoms with Gasteiger partial charge in [0.05, 0.1) is 0 Å². The molecule has 20 heavy (non-hydrogen) atoms. The molecule has 0 unspecified atom stereocenters. The first kappa shape index (κ1) is 17.3. The number of unbranched alkanes of at least 4 members (excludes halogenated alkanes) is 6. The van der Waals surface area contributed by atoms with E-state index in [9.17, 15) is 0 Å². The SMILES string of the molecule is CCCCCCCCCC(CC)(CC)c1ccccc1. The Hall–Kier alpha value is -0.780. The molecule has 1 aromatic carbocycles. The van der Waals surface area contributed by atoms with E-state index >= 15 is 0 Å². The quantitative estimate of drug-likeness (QED) is 0.386. The zero-order valence-corrected chi connectivity index (χ0v) is 14.0. The van der Waals surface area contributed by atoms with Gasteiger partial charge in [-0.15, -0.1) is 0 Å². The van der Waals surface area contributed by atoms with E-state index < -0.39 is 0 Å². The van der Waals surface area contributed by atoms with E-state index in [0.717, 1.165) is 0 Å². The third kappa shape index (κ3) is 5.31. The predicted molar refractivity (Wildman–Crippen MR) is 91.3 cm³/mol. The third-order valence-corrected chi connectivity index (χ3v) is 5.00. The summed E-state index contributed by atoms with van der Waals surface area (Å²) in [5.74, 6) is 0. The fraction of sp³-hybridized carbons (Fsp3) is 0.700. The predicted octanol–water partition coefficient (Wildman–Crippen LogP) is 6.89. The van der Waals surface area contributed by atoms with Crippen molar-refractivity contribution in [3.05, 3.63) is 35.9 Å². The summed E-state index contributed by atoms with van der Waals surface area (Å²) < 4.78 is 0. The smallest absolute Gasteiger partial charge is 0.00522 e. The van der Waals surface area contributed by atoms with Crippen LogP contribution in [0.5, 0.6) is 0 Å². The second kappa shape index (κ2) is 10.0. The first-order chi connectivity index (χ1) is 9.79. The maximum absolute atomic E-state index is 2.36. The molecule has 0 fully saturated rings. The van der Waals surface area contributed by atoms with Crippen molar-refractivity contribution in [3.63, 3.8) is 0 Å². The van der Waals surface area contributed by atoms with E-state index in [1.165, 1.54) is 64.2 Å². The van der Waals surface area contributed by atoms with Crippen LogP contribution >= 0.6 is 0 Å². The van der Waals surface area contributed by atoms with Crippen molar-refractivity contribution in [3.8, 4) is 0 Å². The number of benzene rings is 1. The van der Waals surface area contributed by atoms with Gasteiger partial charge in [0, 0.05) is 0 Å². The molecule has 0 nitrogen and oxygen atoms in total. The molecule has 1 aromatic rings. The van der Waals surface area contributed by atoms with Crippen LogP contribution in [-0.4, -0.2) is 0 Å². The van der Waals surface area contributed by atoms with Gasteiger partial charge in [-0.05, 0) is 30.2 Å². The standard InChI is InChI=1S/C20H34/c1-4-7-8-9-10-11-15-18-20(5-2,6-3)19-16-13-12-14-17-19/h12-14,16-17H,4-11,15,18H2,1-3H3. The minimum Gasteiger partial charge on any atom is -0.0654 e. The Kier molecular flexibility index (Phi) is 8.65. The Bertz CT molecular complexity index is 321. The molecule has 0 aliphatic heterocycles. The molecule has 0 amide bonds. The highest BCUT2D eigenvalue weighted by Gasteiger charge is 2.27. The van der Waals surface area contributed by atoms with Gasteiger partial charge in [0.1, 0.15) is 0 Å². The minimum atomic E-state index is 0.421. The Morgan fingerprint density at radius 2 is 1.25 bits per heavy atom. The van der Waals surface area contributed by atoms with Crippen LogP contribution in [0.4, 0.5) is 0 Å². The highest BCUT2D eigenvalue weighted by molar-refractivity contribution is 5.25. The first-order valence-electron chi connectivity index (χ1n) is 8.84. The van der Waals surface area contributed by atoms with Gasteiger partial charge in [0.25, 0.3) is 0 Å². The molecule has 0 saturated carbocycles. The van der Waals surface area contributed by atoms with Gasteiger partial charge in [-0.1, -0.05) is 96.0 Å². The summed E-state index contributed by atoms with van der Waals surface area (Å²) in [5.41, 5.74) is 1.97. The van der Waals surface area contributed by atoms with Crippen molar-refractivity contribution in [2.75, 3.05) is 0 Å². The van der Waals surface area contributed by atoms with Crippen LogP contribution in [0, 0.1) is 0 Å². The van der Waals surface area contributed by atoms with Gasteiger partial charge < -0.3 is 0 Å². The third-order valence-electron chi connectivity index (χ3n) is 5.00. The molecule has 0 atom stereocenters. The summed E-state index contributed by atoms with van der Waals surface area (Å²) in [6.07, 6.45) is 13.8. The van der Waals surface area contributed by atoms with Crippen LogP contribution in [0.2, 0.25) is 0 Å². The van der Waals surface area contributed by atoms with Crippen molar-refractivity contribution in [2.45, 2.75) is 90.4 Å². The van der Waals surface area contributed by atoms with E-state index in [1.807, 2.05) is 0 Å². The Balaban J connectivity index is 2.40. The molecule has 0 heterocycles. The lowest BCUT2D eigenvalue weighted by Crippen LogP contribution is -2.24. The molecule has 0 aromatic heterocycles. The maximum Gasteiger partial charge on any atom is -0.00522 e. The molecular formula is C20H34. The van der Waals surface area contributed by atoms with E-state index in [1.54, 1.807) is 5.56 Å². The van der Waals surface area contributed by atoms with E-state index in [0.29, 0.717) is 5.41 Å². The minimum absolute atomic E-state index is 0.421. The molecule has 0 heteroatoms. The zero-order valence-electron chi connectivity index (χ0n) is 14.0. The highest BCUT2D eigenvalue weighted by atomic mass is 14.3. The van der Waals surface area contributed by atoms with Crippen molar-refractivity contribution in [2.24, 2.45) is 0 Å². The van der Waals surface area contributed by atoms with Crippen molar-refractivity contribution >= 4 is 0 Å². The summed E-state index contributed by atoms with van der Waals surface area (Å²) >= 11 is 0. The van der Waals surface area contributed by atoms with Crippen LogP contribution in [-0.2, 0) is 5.41 Å². The lowest BCUT2D eigenvalue weighted by Gasteiger charge is -2.32. The number of hydrogen-bond acceptors (Lipinski definition) is 0. The molecular weight excluding hydrogens is 240 g/mol. The van der Waals surface area contributed by atoms with Gasteiger partial charge in [-0.3, -0.25) is 0 Å². The lowest BCUT2D eigenvalue weighted by molar-refractivity contribution is 0.348. The molecule has 0 bridgehead atoms. The molecule has 1 rings (SSSR count). The van der Waals surface area contributed by atoms with Gasteiger partial charge in [0.2, 0.25) is 0 Å². The van der Waals surface area contributed by atoms with Crippen LogP contribution in [0.25, 0.3) is 0 Å². The number of rotatable bonds is 11. The Labute approximate surface area is 127 Å². The maximum atomic E-state index is 2.36. The fourth-order valence-corrected chi connectivity index (χ4v) is 3.37. The lowest BCUT2D eigenvalue weighted by atomic mass is 9.72. The second-order valence-electron chi connectivity index (χ2n) is 6.22. The summed E-state index contributed by atoms with van der Waals surface area (Å²) in [5, 5.41) is 0. The van der Waals surface area contributed by atoms with Crippen LogP contribution in [0.3, 0.4) is 0 Å². The monoisotopic (exact) mass is 274 g/mol. The van der Waals surface area contributed by atoms with Gasteiger partial charge >= 0.3 is 0 Å². The summed E-state index contributed by atoms with van der Waals surface area (Å²) in [6.45, 7) is 7.01. The molecule has 0 saturated heterocycles. The van der Waals surface area contributed by atoms with Crippen LogP contribution in [0.15, 0.2) is 30.3 Å². The Morgan fingerprint density at radius 1 is 0.700 bits per heavy atom. The number of hydrogen-bond donors (Lipinski definition) is 0. The highest BCUT2D eigenvalue weighted by Crippen LogP contribution is 2.36. The average Bonchev–Trinajstić information content (AvgIpc) is 2.52. The second-order valence-corrected chi connectivity index (χ2v) is 6.22. The summed E-state index contributed by atoms with van der Waals surface area (Å²) in [6, 6.07) is 11.2. The molecule has 0 radical (unpaired) electrons. The first-order valence-corrected chi connectivity index (χ1v) is 8.84. The van der Waals surface area contributed by atoms with Crippen molar-refractivity contribution in [1.82, 2.24) is 0 Å². The normalized spacial score (nSPS) is 11.8. The molecule has 0 aliphatic rings. The van der Waals surface area contributed by atoms with Gasteiger partial charge in [-0.2, -0.15) is 0 Å². The van der Waals surface area contributed by atoms with E-state index in [4.69, 9.17) is 0 Å². The molecule has 114 valence electrons. The fourth-order valence-electron chi connectivity index (χ4n) is 3.37. The zero-order chi connectivity index (χ0) is 14.7. The molecule has 0 N–H and O–H groups in total. The molecule has 0 spiro atoms. The van der Waals surface area contributed by atoms with Crippen LogP contribution in [0.1, 0.15) is 90.5 Å². The largest absolute Gasteiger partial charge is 0.0654 e. The van der Waals surface area contributed by atoms with Crippen molar-refractivity contribution < 1.29 is 0 Å². The van der Waals surface area contributed by atoms with E-state index in [-0.39, 0.29) is 0 Å².